The summed E-state index contributed by atoms with van der Waals surface area (Å²) in [6.07, 6.45) is 5.99. The molecule has 0 fully saturated rings. The summed E-state index contributed by atoms with van der Waals surface area (Å²) in [6, 6.07) is 3.59. The van der Waals surface area contributed by atoms with Crippen molar-refractivity contribution in [2.75, 3.05) is 6.61 Å². The minimum atomic E-state index is -0.665. The summed E-state index contributed by atoms with van der Waals surface area (Å²) >= 11 is 0. The monoisotopic (exact) mass is 296 g/mol. The van der Waals surface area contributed by atoms with Gasteiger partial charge in [0.1, 0.15) is 11.2 Å². The highest BCUT2D eigenvalue weighted by Gasteiger charge is 2.15. The zero-order valence-electron chi connectivity index (χ0n) is 11.7. The maximum Gasteiger partial charge on any atom is 0.343 e. The van der Waals surface area contributed by atoms with E-state index in [4.69, 9.17) is 4.74 Å². The quantitative estimate of drug-likeness (QED) is 0.736. The normalized spacial score (nSPS) is 10.6. The van der Waals surface area contributed by atoms with Crippen molar-refractivity contribution in [2.45, 2.75) is 6.92 Å². The Balaban J connectivity index is 2.11. The number of nitrogens with zero attached hydrogens (tertiary/aromatic N) is 3. The predicted molar refractivity (Wildman–Crippen MR) is 79.3 cm³/mol. The second-order valence-corrected chi connectivity index (χ2v) is 4.45. The lowest BCUT2D eigenvalue weighted by Gasteiger charge is -2.04. The third kappa shape index (κ3) is 2.44. The fourth-order valence-electron chi connectivity index (χ4n) is 2.00. The molecule has 7 nitrogen and oxygen atoms in total. The van der Waals surface area contributed by atoms with Crippen LogP contribution in [0.1, 0.15) is 17.3 Å². The number of rotatable bonds is 3. The van der Waals surface area contributed by atoms with Crippen LogP contribution >= 0.6 is 0 Å². The van der Waals surface area contributed by atoms with Crippen LogP contribution in [0.15, 0.2) is 41.7 Å². The molecule has 22 heavy (non-hydrogen) atoms. The van der Waals surface area contributed by atoms with Crippen LogP contribution in [0.25, 0.3) is 22.4 Å². The Morgan fingerprint density at radius 2 is 2.23 bits per heavy atom. The van der Waals surface area contributed by atoms with Gasteiger partial charge in [-0.2, -0.15) is 0 Å². The van der Waals surface area contributed by atoms with E-state index in [0.717, 1.165) is 5.56 Å². The third-order valence-electron chi connectivity index (χ3n) is 3.05. The summed E-state index contributed by atoms with van der Waals surface area (Å²) in [5.41, 5.74) is 0.573. The number of aromatic amines is 1. The van der Waals surface area contributed by atoms with Gasteiger partial charge in [-0.1, -0.05) is 0 Å². The van der Waals surface area contributed by atoms with Crippen LogP contribution in [-0.2, 0) is 4.74 Å². The molecule has 3 aromatic rings. The number of hydrogen-bond donors (Lipinski definition) is 1. The highest BCUT2D eigenvalue weighted by molar-refractivity contribution is 5.92. The fraction of sp³-hybridized carbons (Fsp3) is 0.133. The molecule has 0 saturated heterocycles. The van der Waals surface area contributed by atoms with Crippen molar-refractivity contribution < 1.29 is 9.53 Å². The average molecular weight is 296 g/mol. The Morgan fingerprint density at radius 3 is 2.95 bits per heavy atom. The second kappa shape index (κ2) is 5.72. The molecular weight excluding hydrogens is 284 g/mol. The number of ether oxygens (including phenoxy) is 1. The molecule has 3 heterocycles. The van der Waals surface area contributed by atoms with Crippen LogP contribution in [0.3, 0.4) is 0 Å². The lowest BCUT2D eigenvalue weighted by atomic mass is 10.2. The first-order valence-corrected chi connectivity index (χ1v) is 6.66. The van der Waals surface area contributed by atoms with Crippen molar-refractivity contribution in [3.8, 4) is 11.4 Å². The van der Waals surface area contributed by atoms with Gasteiger partial charge in [0.2, 0.25) is 5.43 Å². The molecule has 0 spiro atoms. The molecule has 3 rings (SSSR count). The van der Waals surface area contributed by atoms with Crippen molar-refractivity contribution in [2.24, 2.45) is 0 Å². The number of nitrogens with one attached hydrogen (secondary N) is 1. The van der Waals surface area contributed by atoms with Gasteiger partial charge in [-0.25, -0.2) is 14.8 Å². The number of hydrogen-bond acceptors (Lipinski definition) is 6. The van der Waals surface area contributed by atoms with Crippen LogP contribution in [0.5, 0.6) is 0 Å². The SMILES string of the molecule is CCOC(=O)c1c[nH]c2nc(-c3cccnc3)ncc2c1=O. The average Bonchev–Trinajstić information content (AvgIpc) is 2.56. The Labute approximate surface area is 125 Å². The maximum absolute atomic E-state index is 12.3. The molecule has 0 aliphatic carbocycles. The molecule has 110 valence electrons. The van der Waals surface area contributed by atoms with Crippen molar-refractivity contribution in [3.63, 3.8) is 0 Å². The molecule has 1 N–H and O–H groups in total. The zero-order valence-corrected chi connectivity index (χ0v) is 11.7. The van der Waals surface area contributed by atoms with Gasteiger partial charge in [0, 0.05) is 30.4 Å². The fourth-order valence-corrected chi connectivity index (χ4v) is 2.00. The zero-order chi connectivity index (χ0) is 15.5. The lowest BCUT2D eigenvalue weighted by Crippen LogP contribution is -2.18. The first-order valence-electron chi connectivity index (χ1n) is 6.66. The number of esters is 1. The van der Waals surface area contributed by atoms with Crippen LogP contribution in [0.4, 0.5) is 0 Å². The first kappa shape index (κ1) is 13.9. The molecule has 3 aromatic heterocycles. The van der Waals surface area contributed by atoms with E-state index in [-0.39, 0.29) is 17.6 Å². The maximum atomic E-state index is 12.3. The first-order chi connectivity index (χ1) is 10.7. The van der Waals surface area contributed by atoms with Gasteiger partial charge in [0.25, 0.3) is 0 Å². The Morgan fingerprint density at radius 1 is 1.36 bits per heavy atom. The summed E-state index contributed by atoms with van der Waals surface area (Å²) in [6.45, 7) is 1.88. The topological polar surface area (TPSA) is 97.8 Å². The van der Waals surface area contributed by atoms with E-state index in [1.807, 2.05) is 6.07 Å². The second-order valence-electron chi connectivity index (χ2n) is 4.45. The van der Waals surface area contributed by atoms with E-state index in [9.17, 15) is 9.59 Å². The third-order valence-corrected chi connectivity index (χ3v) is 3.05. The summed E-state index contributed by atoms with van der Waals surface area (Å²) in [5.74, 6) is -0.220. The number of aromatic nitrogens is 4. The largest absolute Gasteiger partial charge is 0.462 e. The number of pyridine rings is 2. The van der Waals surface area contributed by atoms with Gasteiger partial charge in [-0.15, -0.1) is 0 Å². The standard InChI is InChI=1S/C15H12N4O3/c1-2-22-15(21)11-8-18-14-10(12(11)20)7-17-13(19-14)9-4-3-5-16-6-9/h3-8H,2H2,1H3,(H,17,18,19,20). The van der Waals surface area contributed by atoms with Crippen molar-refractivity contribution in [1.82, 2.24) is 19.9 Å². The van der Waals surface area contributed by atoms with E-state index >= 15 is 0 Å². The van der Waals surface area contributed by atoms with Gasteiger partial charge in [0.05, 0.1) is 12.0 Å². The summed E-state index contributed by atoms with van der Waals surface area (Å²) in [4.78, 5) is 39.3. The smallest absolute Gasteiger partial charge is 0.343 e. The van der Waals surface area contributed by atoms with Crippen LogP contribution in [-0.4, -0.2) is 32.5 Å². The molecule has 0 saturated carbocycles. The molecule has 0 aromatic carbocycles. The van der Waals surface area contributed by atoms with Gasteiger partial charge in [-0.05, 0) is 19.1 Å². The van der Waals surface area contributed by atoms with Crippen molar-refractivity contribution >= 4 is 17.0 Å². The highest BCUT2D eigenvalue weighted by atomic mass is 16.5. The van der Waals surface area contributed by atoms with E-state index in [1.165, 1.54) is 12.4 Å². The molecule has 0 unspecified atom stereocenters. The van der Waals surface area contributed by atoms with Gasteiger partial charge in [-0.3, -0.25) is 9.78 Å². The molecule has 0 aliphatic heterocycles. The van der Waals surface area contributed by atoms with E-state index < -0.39 is 11.4 Å². The van der Waals surface area contributed by atoms with Gasteiger partial charge >= 0.3 is 5.97 Å². The van der Waals surface area contributed by atoms with Gasteiger partial charge in [0.15, 0.2) is 5.82 Å². The molecule has 0 aliphatic rings. The Bertz CT molecular complexity index is 890. The molecule has 7 heteroatoms. The number of carbonyl (C=O) groups is 1. The molecule has 0 amide bonds. The Hall–Kier alpha value is -3.09. The van der Waals surface area contributed by atoms with Crippen molar-refractivity contribution in [3.05, 3.63) is 52.7 Å². The minimum Gasteiger partial charge on any atom is -0.462 e. The number of fused-ring (bicyclic) bond motifs is 1. The van der Waals surface area contributed by atoms with E-state index in [2.05, 4.69) is 19.9 Å². The summed E-state index contributed by atoms with van der Waals surface area (Å²) < 4.78 is 4.84. The molecule has 0 radical (unpaired) electrons. The minimum absolute atomic E-state index is 0.0629. The van der Waals surface area contributed by atoms with E-state index in [1.54, 1.807) is 25.4 Å². The molecule has 0 atom stereocenters. The van der Waals surface area contributed by atoms with Gasteiger partial charge < -0.3 is 9.72 Å². The van der Waals surface area contributed by atoms with Crippen molar-refractivity contribution in [1.29, 1.82) is 0 Å². The Kier molecular flexibility index (Phi) is 3.61. The molecule has 0 bridgehead atoms. The predicted octanol–water partition coefficient (Wildman–Crippen LogP) is 1.56. The van der Waals surface area contributed by atoms with Crippen LogP contribution in [0, 0.1) is 0 Å². The molecular formula is C15H12N4O3. The highest BCUT2D eigenvalue weighted by Crippen LogP contribution is 2.14. The summed E-state index contributed by atoms with van der Waals surface area (Å²) in [5, 5.41) is 0.234. The summed E-state index contributed by atoms with van der Waals surface area (Å²) in [7, 11) is 0. The lowest BCUT2D eigenvalue weighted by molar-refractivity contribution is 0.0524. The van der Waals surface area contributed by atoms with Crippen LogP contribution in [0.2, 0.25) is 0 Å². The number of carbonyl (C=O) groups excluding carboxylic acids is 1. The number of H-pyrrole nitrogens is 1. The van der Waals surface area contributed by atoms with Crippen LogP contribution < -0.4 is 5.43 Å². The van der Waals surface area contributed by atoms with E-state index in [0.29, 0.717) is 11.5 Å².